The summed E-state index contributed by atoms with van der Waals surface area (Å²) in [6, 6.07) is 5.97. The molecule has 3 nitrogen and oxygen atoms in total. The summed E-state index contributed by atoms with van der Waals surface area (Å²) in [4.78, 5) is 8.53. The Bertz CT molecular complexity index is 604. The second-order valence-electron chi connectivity index (χ2n) is 3.33. The van der Waals surface area contributed by atoms with E-state index in [1.807, 2.05) is 36.7 Å². The lowest BCUT2D eigenvalue weighted by atomic mass is 10.3. The normalized spacial score (nSPS) is 10.3. The first kappa shape index (κ1) is 11.5. The summed E-state index contributed by atoms with van der Waals surface area (Å²) in [6.45, 7) is 2.01. The lowest BCUT2D eigenvalue weighted by molar-refractivity contribution is -0.347. The second kappa shape index (κ2) is 4.50. The van der Waals surface area contributed by atoms with Gasteiger partial charge in [0.25, 0.3) is 0 Å². The predicted molar refractivity (Wildman–Crippen MR) is 58.6 cm³/mol. The van der Waals surface area contributed by atoms with E-state index in [9.17, 15) is 0 Å². The van der Waals surface area contributed by atoms with Crippen LogP contribution in [0.2, 0.25) is 0 Å². The second-order valence-corrected chi connectivity index (χ2v) is 4.28. The standard InChI is InChI=1S/C11H8N2OS.HI/c1-7-4-5-12-10-9(7)14-11(13-10)8-3-2-6-15-8;/h2-6H,1H3;1H. The molecule has 16 heavy (non-hydrogen) atoms. The summed E-state index contributed by atoms with van der Waals surface area (Å²) in [5.74, 6) is 0.686. The number of pyridine rings is 1. The summed E-state index contributed by atoms with van der Waals surface area (Å²) >= 11 is 1.63. The molecular weight excluding hydrogens is 335 g/mol. The van der Waals surface area contributed by atoms with E-state index < -0.39 is 0 Å². The third-order valence-electron chi connectivity index (χ3n) is 2.27. The van der Waals surface area contributed by atoms with Crippen molar-refractivity contribution in [1.82, 2.24) is 4.98 Å². The molecule has 0 radical (unpaired) electrons. The van der Waals surface area contributed by atoms with Crippen molar-refractivity contribution in [1.29, 1.82) is 0 Å². The Morgan fingerprint density at radius 2 is 2.25 bits per heavy atom. The fourth-order valence-electron chi connectivity index (χ4n) is 1.51. The van der Waals surface area contributed by atoms with Gasteiger partial charge in [-0.05, 0) is 24.4 Å². The van der Waals surface area contributed by atoms with Gasteiger partial charge in [-0.15, -0.1) is 11.3 Å². The summed E-state index contributed by atoms with van der Waals surface area (Å²) in [5, 5.41) is 2.01. The zero-order valence-corrected chi connectivity index (χ0v) is 11.5. The fraction of sp³-hybridized carbons (Fsp3) is 0.0909. The molecule has 3 aromatic heterocycles. The molecule has 0 amide bonds. The van der Waals surface area contributed by atoms with Crippen molar-refractivity contribution < 1.29 is 33.4 Å². The minimum absolute atomic E-state index is 0. The molecule has 0 spiro atoms. The van der Waals surface area contributed by atoms with E-state index in [4.69, 9.17) is 4.42 Å². The molecular formula is C11H9IN2OS. The number of hydrogen-bond acceptors (Lipinski definition) is 3. The molecule has 0 saturated carbocycles. The number of nitrogens with one attached hydrogen (secondary N) is 1. The van der Waals surface area contributed by atoms with E-state index in [0.29, 0.717) is 5.89 Å². The topological polar surface area (TPSA) is 40.2 Å². The van der Waals surface area contributed by atoms with E-state index in [1.165, 1.54) is 0 Å². The first-order valence-electron chi connectivity index (χ1n) is 4.66. The zero-order valence-electron chi connectivity index (χ0n) is 8.53. The Balaban J connectivity index is 0.000000963. The van der Waals surface area contributed by atoms with Crippen molar-refractivity contribution >= 4 is 22.6 Å². The Kier molecular flexibility index (Phi) is 3.25. The first-order chi connectivity index (χ1) is 7.34. The molecule has 0 aliphatic rings. The van der Waals surface area contributed by atoms with Crippen LogP contribution in [-0.4, -0.2) is 4.98 Å². The average molecular weight is 344 g/mol. The molecule has 0 fully saturated rings. The van der Waals surface area contributed by atoms with E-state index in [0.717, 1.165) is 21.7 Å². The Morgan fingerprint density at radius 1 is 1.38 bits per heavy atom. The Hall–Kier alpha value is -0.950. The predicted octanol–water partition coefficient (Wildman–Crippen LogP) is -0.317. The summed E-state index contributed by atoms with van der Waals surface area (Å²) < 4.78 is 5.71. The van der Waals surface area contributed by atoms with Crippen LogP contribution < -0.4 is 29.0 Å². The van der Waals surface area contributed by atoms with Crippen molar-refractivity contribution in [3.8, 4) is 10.8 Å². The number of aryl methyl sites for hydroxylation is 1. The van der Waals surface area contributed by atoms with Gasteiger partial charge in [0.1, 0.15) is 4.88 Å². The monoisotopic (exact) mass is 344 g/mol. The highest BCUT2D eigenvalue weighted by Crippen LogP contribution is 2.27. The third-order valence-corrected chi connectivity index (χ3v) is 3.13. The van der Waals surface area contributed by atoms with Gasteiger partial charge < -0.3 is 28.4 Å². The van der Waals surface area contributed by atoms with E-state index in [1.54, 1.807) is 11.3 Å². The third kappa shape index (κ3) is 1.84. The van der Waals surface area contributed by atoms with Crippen LogP contribution in [-0.2, 0) is 0 Å². The maximum Gasteiger partial charge on any atom is 0.368 e. The summed E-state index contributed by atoms with van der Waals surface area (Å²) in [5.41, 5.74) is 2.73. The minimum Gasteiger partial charge on any atom is -1.00 e. The van der Waals surface area contributed by atoms with Crippen LogP contribution in [0.15, 0.2) is 34.2 Å². The van der Waals surface area contributed by atoms with Crippen molar-refractivity contribution in [3.63, 3.8) is 0 Å². The van der Waals surface area contributed by atoms with Gasteiger partial charge in [-0.3, -0.25) is 0 Å². The van der Waals surface area contributed by atoms with Crippen LogP contribution in [0, 0.1) is 6.92 Å². The van der Waals surface area contributed by atoms with Crippen LogP contribution in [0.4, 0.5) is 0 Å². The molecule has 0 atom stereocenters. The molecule has 0 bridgehead atoms. The van der Waals surface area contributed by atoms with Gasteiger partial charge >= 0.3 is 11.5 Å². The number of aromatic amines is 1. The summed E-state index contributed by atoms with van der Waals surface area (Å²) in [7, 11) is 0. The highest BCUT2D eigenvalue weighted by atomic mass is 127. The maximum atomic E-state index is 5.71. The smallest absolute Gasteiger partial charge is 0.368 e. The fourth-order valence-corrected chi connectivity index (χ4v) is 2.16. The number of rotatable bonds is 1. The Labute approximate surface area is 114 Å². The number of oxazole rings is 1. The number of halogens is 1. The van der Waals surface area contributed by atoms with Crippen LogP contribution in [0.5, 0.6) is 0 Å². The number of aromatic nitrogens is 2. The van der Waals surface area contributed by atoms with Gasteiger partial charge in [0.2, 0.25) is 5.58 Å². The molecule has 0 saturated heterocycles. The molecule has 3 rings (SSSR count). The van der Waals surface area contributed by atoms with Gasteiger partial charge in [-0.1, -0.05) is 6.07 Å². The van der Waals surface area contributed by atoms with Crippen LogP contribution >= 0.6 is 11.3 Å². The van der Waals surface area contributed by atoms with Crippen molar-refractivity contribution in [3.05, 3.63) is 35.3 Å². The number of thiophene rings is 1. The minimum atomic E-state index is 0. The SMILES string of the molecule is Cc1cc[nH+]c2nc(-c3cccs3)oc12.[I-]. The van der Waals surface area contributed by atoms with Crippen LogP contribution in [0.25, 0.3) is 22.0 Å². The number of fused-ring (bicyclic) bond motifs is 1. The molecule has 5 heteroatoms. The lowest BCUT2D eigenvalue weighted by Gasteiger charge is -1.85. The van der Waals surface area contributed by atoms with Crippen LogP contribution in [0.1, 0.15) is 5.56 Å². The van der Waals surface area contributed by atoms with E-state index in [2.05, 4.69) is 9.97 Å². The molecule has 0 aliphatic heterocycles. The van der Waals surface area contributed by atoms with E-state index >= 15 is 0 Å². The molecule has 0 aliphatic carbocycles. The molecule has 0 aromatic carbocycles. The van der Waals surface area contributed by atoms with E-state index in [-0.39, 0.29) is 24.0 Å². The quantitative estimate of drug-likeness (QED) is 0.568. The highest BCUT2D eigenvalue weighted by Gasteiger charge is 2.18. The van der Waals surface area contributed by atoms with Crippen LogP contribution in [0.3, 0.4) is 0 Å². The number of hydrogen-bond donors (Lipinski definition) is 0. The largest absolute Gasteiger partial charge is 1.00 e. The van der Waals surface area contributed by atoms with Gasteiger partial charge in [0.15, 0.2) is 0 Å². The molecule has 3 heterocycles. The lowest BCUT2D eigenvalue weighted by Crippen LogP contribution is -3.00. The molecule has 1 N–H and O–H groups in total. The van der Waals surface area contributed by atoms with Gasteiger partial charge in [0.05, 0.1) is 6.20 Å². The number of nitrogens with zero attached hydrogens (tertiary/aromatic N) is 1. The van der Waals surface area contributed by atoms with Gasteiger partial charge in [-0.25, -0.2) is 4.98 Å². The van der Waals surface area contributed by atoms with Crippen molar-refractivity contribution in [2.75, 3.05) is 0 Å². The molecule has 3 aromatic rings. The maximum absolute atomic E-state index is 5.71. The van der Waals surface area contributed by atoms with Crippen molar-refractivity contribution in [2.45, 2.75) is 6.92 Å². The molecule has 82 valence electrons. The molecule has 0 unspecified atom stereocenters. The Morgan fingerprint density at radius 3 is 2.94 bits per heavy atom. The van der Waals surface area contributed by atoms with Gasteiger partial charge in [-0.2, -0.15) is 0 Å². The number of H-pyrrole nitrogens is 1. The van der Waals surface area contributed by atoms with Crippen molar-refractivity contribution in [2.24, 2.45) is 0 Å². The summed E-state index contributed by atoms with van der Waals surface area (Å²) in [6.07, 6.45) is 1.87. The first-order valence-corrected chi connectivity index (χ1v) is 5.54. The average Bonchev–Trinajstić information content (AvgIpc) is 2.86. The zero-order chi connectivity index (χ0) is 10.3. The van der Waals surface area contributed by atoms with Gasteiger partial charge in [0, 0.05) is 10.5 Å². The highest BCUT2D eigenvalue weighted by molar-refractivity contribution is 7.13.